The second-order valence-corrected chi connectivity index (χ2v) is 5.24. The van der Waals surface area contributed by atoms with E-state index in [1.807, 2.05) is 26.1 Å². The second-order valence-electron chi connectivity index (χ2n) is 4.33. The second kappa shape index (κ2) is 5.99. The molecule has 19 heavy (non-hydrogen) atoms. The van der Waals surface area contributed by atoms with Gasteiger partial charge in [-0.2, -0.15) is 4.98 Å². The number of nitrogens with zero attached hydrogens (tertiary/aromatic N) is 3. The number of rotatable bonds is 4. The first-order chi connectivity index (χ1) is 9.10. The van der Waals surface area contributed by atoms with Crippen LogP contribution in [0.3, 0.4) is 0 Å². The third-order valence-electron chi connectivity index (χ3n) is 2.77. The summed E-state index contributed by atoms with van der Waals surface area (Å²) < 4.78 is 1.08. The van der Waals surface area contributed by atoms with Gasteiger partial charge in [-0.05, 0) is 24.6 Å². The Morgan fingerprint density at radius 1 is 1.32 bits per heavy atom. The minimum atomic E-state index is 0.420. The molecular weight excluding hydrogens is 306 g/mol. The number of nitrogens with one attached hydrogen (secondary N) is 1. The first-order valence-electron chi connectivity index (χ1n) is 5.86. The minimum absolute atomic E-state index is 0.420. The summed E-state index contributed by atoms with van der Waals surface area (Å²) in [5.74, 6) is 6.63. The fraction of sp³-hybridized carbons (Fsp3) is 0.231. The van der Waals surface area contributed by atoms with Gasteiger partial charge in [0.1, 0.15) is 5.82 Å². The molecule has 0 aliphatic carbocycles. The Morgan fingerprint density at radius 2 is 2.00 bits per heavy atom. The zero-order valence-corrected chi connectivity index (χ0v) is 12.5. The predicted molar refractivity (Wildman–Crippen MR) is 80.8 cm³/mol. The van der Waals surface area contributed by atoms with E-state index in [2.05, 4.69) is 48.4 Å². The van der Waals surface area contributed by atoms with Crippen LogP contribution in [0, 0.1) is 6.92 Å². The van der Waals surface area contributed by atoms with Crippen molar-refractivity contribution in [3.8, 4) is 0 Å². The van der Waals surface area contributed by atoms with Crippen molar-refractivity contribution < 1.29 is 0 Å². The Kier molecular flexibility index (Phi) is 4.34. The van der Waals surface area contributed by atoms with E-state index >= 15 is 0 Å². The molecule has 1 heterocycles. The monoisotopic (exact) mass is 321 g/mol. The van der Waals surface area contributed by atoms with Crippen molar-refractivity contribution in [2.75, 3.05) is 17.4 Å². The SMILES string of the molecule is Cc1cnc(NN)nc1N(C)Cc1ccc(Br)cc1. The molecule has 0 aliphatic rings. The number of hydrazine groups is 1. The van der Waals surface area contributed by atoms with Crippen molar-refractivity contribution in [3.63, 3.8) is 0 Å². The highest BCUT2D eigenvalue weighted by Crippen LogP contribution is 2.19. The zero-order chi connectivity index (χ0) is 13.8. The van der Waals surface area contributed by atoms with Gasteiger partial charge in [0, 0.05) is 29.8 Å². The maximum absolute atomic E-state index is 5.34. The van der Waals surface area contributed by atoms with E-state index in [1.165, 1.54) is 5.56 Å². The van der Waals surface area contributed by atoms with Crippen molar-refractivity contribution in [1.29, 1.82) is 0 Å². The molecule has 1 aromatic heterocycles. The molecule has 0 bridgehead atoms. The normalized spacial score (nSPS) is 10.3. The van der Waals surface area contributed by atoms with Crippen molar-refractivity contribution in [3.05, 3.63) is 46.1 Å². The highest BCUT2D eigenvalue weighted by Gasteiger charge is 2.09. The van der Waals surface area contributed by atoms with Crippen molar-refractivity contribution in [2.24, 2.45) is 5.84 Å². The van der Waals surface area contributed by atoms with Gasteiger partial charge >= 0.3 is 0 Å². The lowest BCUT2D eigenvalue weighted by atomic mass is 10.2. The van der Waals surface area contributed by atoms with Crippen LogP contribution < -0.4 is 16.2 Å². The van der Waals surface area contributed by atoms with Crippen LogP contribution in [0.15, 0.2) is 34.9 Å². The molecule has 5 nitrogen and oxygen atoms in total. The molecule has 0 saturated heterocycles. The summed E-state index contributed by atoms with van der Waals surface area (Å²) in [5.41, 5.74) is 4.69. The lowest BCUT2D eigenvalue weighted by Gasteiger charge is -2.20. The Balaban J connectivity index is 2.19. The average Bonchev–Trinajstić information content (AvgIpc) is 2.42. The van der Waals surface area contributed by atoms with Gasteiger partial charge in [-0.25, -0.2) is 10.8 Å². The molecule has 0 atom stereocenters. The number of nitrogen functional groups attached to an aromatic ring is 1. The first-order valence-corrected chi connectivity index (χ1v) is 6.65. The topological polar surface area (TPSA) is 67.1 Å². The van der Waals surface area contributed by atoms with Gasteiger partial charge in [-0.15, -0.1) is 0 Å². The summed E-state index contributed by atoms with van der Waals surface area (Å²) in [4.78, 5) is 10.5. The summed E-state index contributed by atoms with van der Waals surface area (Å²) in [7, 11) is 2.00. The van der Waals surface area contributed by atoms with E-state index in [4.69, 9.17) is 5.84 Å². The number of benzene rings is 1. The number of anilines is 2. The number of hydrogen-bond acceptors (Lipinski definition) is 5. The molecule has 0 saturated carbocycles. The average molecular weight is 322 g/mol. The largest absolute Gasteiger partial charge is 0.355 e. The quantitative estimate of drug-likeness (QED) is 0.669. The van der Waals surface area contributed by atoms with Crippen LogP contribution in [0.1, 0.15) is 11.1 Å². The highest BCUT2D eigenvalue weighted by atomic mass is 79.9. The van der Waals surface area contributed by atoms with Gasteiger partial charge in [0.15, 0.2) is 0 Å². The number of aryl methyl sites for hydroxylation is 1. The molecule has 0 amide bonds. The van der Waals surface area contributed by atoms with Crippen LogP contribution in [0.5, 0.6) is 0 Å². The third-order valence-corrected chi connectivity index (χ3v) is 3.30. The van der Waals surface area contributed by atoms with Crippen LogP contribution in [-0.4, -0.2) is 17.0 Å². The third kappa shape index (κ3) is 3.42. The Hall–Kier alpha value is -1.66. The molecule has 2 rings (SSSR count). The van der Waals surface area contributed by atoms with Gasteiger partial charge in [-0.1, -0.05) is 28.1 Å². The molecule has 0 aliphatic heterocycles. The van der Waals surface area contributed by atoms with Gasteiger partial charge in [-0.3, -0.25) is 5.43 Å². The lowest BCUT2D eigenvalue weighted by Crippen LogP contribution is -2.20. The number of aromatic nitrogens is 2. The van der Waals surface area contributed by atoms with Gasteiger partial charge < -0.3 is 4.90 Å². The zero-order valence-electron chi connectivity index (χ0n) is 10.9. The van der Waals surface area contributed by atoms with E-state index in [1.54, 1.807) is 6.20 Å². The van der Waals surface area contributed by atoms with Crippen LogP contribution in [-0.2, 0) is 6.54 Å². The molecule has 0 fully saturated rings. The molecule has 2 aromatic rings. The van der Waals surface area contributed by atoms with Crippen LogP contribution in [0.4, 0.5) is 11.8 Å². The Bertz CT molecular complexity index is 555. The summed E-state index contributed by atoms with van der Waals surface area (Å²) in [6, 6.07) is 8.23. The predicted octanol–water partition coefficient (Wildman–Crippen LogP) is 2.47. The number of nitrogens with two attached hydrogens (primary N) is 1. The van der Waals surface area contributed by atoms with E-state index in [9.17, 15) is 0 Å². The molecule has 0 unspecified atom stereocenters. The number of halogens is 1. The smallest absolute Gasteiger partial charge is 0.239 e. The van der Waals surface area contributed by atoms with E-state index in [0.29, 0.717) is 5.95 Å². The Morgan fingerprint density at radius 3 is 2.63 bits per heavy atom. The van der Waals surface area contributed by atoms with Crippen LogP contribution in [0.25, 0.3) is 0 Å². The van der Waals surface area contributed by atoms with Gasteiger partial charge in [0.2, 0.25) is 5.95 Å². The molecule has 0 spiro atoms. The van der Waals surface area contributed by atoms with Crippen molar-refractivity contribution in [1.82, 2.24) is 9.97 Å². The fourth-order valence-electron chi connectivity index (χ4n) is 1.83. The Labute approximate surface area is 121 Å². The van der Waals surface area contributed by atoms with Gasteiger partial charge in [0.05, 0.1) is 0 Å². The standard InChI is InChI=1S/C13H16BrN5/c1-9-7-16-13(18-15)17-12(9)19(2)8-10-3-5-11(14)6-4-10/h3-7H,8,15H2,1-2H3,(H,16,17,18). The molecular formula is C13H16BrN5. The highest BCUT2D eigenvalue weighted by molar-refractivity contribution is 9.10. The van der Waals surface area contributed by atoms with Gasteiger partial charge in [0.25, 0.3) is 0 Å². The van der Waals surface area contributed by atoms with Crippen molar-refractivity contribution in [2.45, 2.75) is 13.5 Å². The summed E-state index contributed by atoms with van der Waals surface area (Å²) in [6.45, 7) is 2.75. The maximum Gasteiger partial charge on any atom is 0.239 e. The van der Waals surface area contributed by atoms with E-state index < -0.39 is 0 Å². The molecule has 6 heteroatoms. The minimum Gasteiger partial charge on any atom is -0.355 e. The number of hydrogen-bond donors (Lipinski definition) is 2. The first kappa shape index (κ1) is 13.8. The summed E-state index contributed by atoms with van der Waals surface area (Å²) in [6.07, 6.45) is 1.76. The van der Waals surface area contributed by atoms with E-state index in [-0.39, 0.29) is 0 Å². The van der Waals surface area contributed by atoms with Crippen molar-refractivity contribution >= 4 is 27.7 Å². The maximum atomic E-state index is 5.34. The summed E-state index contributed by atoms with van der Waals surface area (Å²) in [5, 5.41) is 0. The lowest BCUT2D eigenvalue weighted by molar-refractivity contribution is 0.882. The molecule has 100 valence electrons. The molecule has 1 aromatic carbocycles. The summed E-state index contributed by atoms with van der Waals surface area (Å²) >= 11 is 3.43. The van der Waals surface area contributed by atoms with Crippen LogP contribution >= 0.6 is 15.9 Å². The molecule has 3 N–H and O–H groups in total. The van der Waals surface area contributed by atoms with Crippen LogP contribution in [0.2, 0.25) is 0 Å². The van der Waals surface area contributed by atoms with E-state index in [0.717, 1.165) is 22.4 Å². The fourth-order valence-corrected chi connectivity index (χ4v) is 2.09. The molecule has 0 radical (unpaired) electrons.